The summed E-state index contributed by atoms with van der Waals surface area (Å²) < 4.78 is 168. The van der Waals surface area contributed by atoms with Gasteiger partial charge in [-0.2, -0.15) is 48.7 Å². The van der Waals surface area contributed by atoms with Gasteiger partial charge in [-0.3, -0.25) is 18.2 Å². The molecule has 0 bridgehead atoms. The van der Waals surface area contributed by atoms with Crippen LogP contribution in [0.2, 0.25) is 0 Å². The molecule has 0 saturated carbocycles. The maximum atomic E-state index is 12.7. The number of hydrogen-bond acceptors (Lipinski definition) is 11. The van der Waals surface area contributed by atoms with E-state index in [9.17, 15) is 60.6 Å². The molecule has 5 N–H and O–H groups in total. The molecule has 0 aliphatic carbocycles. The lowest BCUT2D eigenvalue weighted by atomic mass is 10.1. The first-order valence-corrected chi connectivity index (χ1v) is 26.3. The molecule has 0 spiro atoms. The third-order valence-electron chi connectivity index (χ3n) is 11.5. The number of hydrogen-bond donors (Lipinski definition) is 5. The Balaban J connectivity index is 0.899. The van der Waals surface area contributed by atoms with E-state index >= 15 is 0 Å². The quantitative estimate of drug-likeness (QED) is 0.0380. The van der Waals surface area contributed by atoms with Crippen molar-refractivity contribution in [2.75, 3.05) is 0 Å². The fraction of sp³-hybridized carbons (Fsp3) is 0.0244. The molecule has 27 heteroatoms. The topological polar surface area (TPSA) is 307 Å². The van der Waals surface area contributed by atoms with E-state index in [4.69, 9.17) is 0 Å². The van der Waals surface area contributed by atoms with Gasteiger partial charge in [-0.05, 0) is 89.7 Å². The summed E-state index contributed by atoms with van der Waals surface area (Å²) in [6, 6.07) is 25.8. The maximum absolute atomic E-state index is 12.7. The first kappa shape index (κ1) is 43.5. The molecule has 0 saturated heterocycles. The lowest BCUT2D eigenvalue weighted by Crippen LogP contribution is -2.03. The van der Waals surface area contributed by atoms with Crippen LogP contribution in [0.15, 0.2) is 144 Å². The van der Waals surface area contributed by atoms with Gasteiger partial charge in [0.05, 0.1) is 26.9 Å². The zero-order valence-electron chi connectivity index (χ0n) is 34.1. The Kier molecular flexibility index (Phi) is 9.27. The van der Waals surface area contributed by atoms with Gasteiger partial charge in [0.25, 0.3) is 40.5 Å². The average Bonchev–Trinajstić information content (AvgIpc) is 4.13. The summed E-state index contributed by atoms with van der Waals surface area (Å²) in [5, 5.41) is 10.3. The standard InChI is InChI=1S/C41H28N8O14S5/c1-22-16-34(46-45-33-15-10-25-17-28(65(52,53)54)13-14-29(25)40(33)49(45)46)36(64(50)51)20-32(22)43-42-26-11-8-23(37(18-26)66(55,56)57)6-7-24-9-12-27(19-38(24)67(58,59)60)44-47-35-21-39(68(61,62)63)30-4-2-3-5-31(30)41(35)48(44)47/h2-21H,1H3,(H,50,51)(H,52,53,54)(H,55,56,57)(H,58,59,60)(H,61,62,63). The van der Waals surface area contributed by atoms with E-state index in [-0.39, 0.29) is 48.3 Å². The maximum Gasteiger partial charge on any atom is 0.295 e. The third-order valence-corrected chi connectivity index (χ3v) is 15.8. The summed E-state index contributed by atoms with van der Waals surface area (Å²) in [5.41, 5.74) is 3.27. The molecule has 4 heterocycles. The number of aryl methyl sites for hydroxylation is 1. The molecule has 346 valence electrons. The Morgan fingerprint density at radius 1 is 0.544 bits per heavy atom. The van der Waals surface area contributed by atoms with E-state index in [0.29, 0.717) is 44.0 Å². The largest absolute Gasteiger partial charge is 0.302 e. The molecule has 22 nitrogen and oxygen atoms in total. The molecule has 0 aliphatic heterocycles. The average molecular weight is 1020 g/mol. The van der Waals surface area contributed by atoms with E-state index in [1.165, 1.54) is 76.2 Å². The molecule has 0 aliphatic rings. The van der Waals surface area contributed by atoms with Gasteiger partial charge in [0.15, 0.2) is 11.1 Å². The molecule has 1 unspecified atom stereocenters. The second kappa shape index (κ2) is 14.5. The first-order valence-electron chi connectivity index (χ1n) is 19.5. The number of fused-ring (bicyclic) bond motifs is 12. The number of aromatic nitrogens is 6. The zero-order valence-corrected chi connectivity index (χ0v) is 38.2. The molecule has 0 amide bonds. The molecular weight excluding hydrogens is 989 g/mol. The van der Waals surface area contributed by atoms with Gasteiger partial charge in [-0.15, -0.1) is 23.3 Å². The van der Waals surface area contributed by atoms with Gasteiger partial charge in [-0.25, -0.2) is 4.21 Å². The zero-order chi connectivity index (χ0) is 48.1. The molecule has 7 aromatic carbocycles. The van der Waals surface area contributed by atoms with Gasteiger partial charge in [0.2, 0.25) is 0 Å². The predicted molar refractivity (Wildman–Crippen MR) is 245 cm³/mol. The highest BCUT2D eigenvalue weighted by Crippen LogP contribution is 2.39. The predicted octanol–water partition coefficient (Wildman–Crippen LogP) is 6.92. The Morgan fingerprint density at radius 3 is 1.82 bits per heavy atom. The minimum atomic E-state index is -4.95. The highest BCUT2D eigenvalue weighted by molar-refractivity contribution is 7.86. The van der Waals surface area contributed by atoms with Gasteiger partial charge in [-0.1, -0.05) is 60.7 Å². The van der Waals surface area contributed by atoms with Crippen molar-refractivity contribution in [3.05, 3.63) is 126 Å². The fourth-order valence-corrected chi connectivity index (χ4v) is 11.6. The smallest absolute Gasteiger partial charge is 0.295 e. The third kappa shape index (κ3) is 6.85. The van der Waals surface area contributed by atoms with Crippen LogP contribution in [0.25, 0.3) is 67.1 Å². The molecule has 0 radical (unpaired) electrons. The Morgan fingerprint density at radius 2 is 1.16 bits per heavy atom. The van der Waals surface area contributed by atoms with E-state index in [2.05, 4.69) is 10.2 Å². The van der Waals surface area contributed by atoms with E-state index < -0.39 is 61.3 Å². The Hall–Kier alpha value is -7.05. The van der Waals surface area contributed by atoms with Crippen LogP contribution < -0.4 is 0 Å². The van der Waals surface area contributed by atoms with Crippen molar-refractivity contribution in [3.63, 3.8) is 0 Å². The lowest BCUT2D eigenvalue weighted by Gasteiger charge is -2.07. The lowest BCUT2D eigenvalue weighted by molar-refractivity contribution is 0.480. The molecule has 11 aromatic rings. The summed E-state index contributed by atoms with van der Waals surface area (Å²) >= 11 is -2.55. The van der Waals surface area contributed by atoms with Crippen LogP contribution in [0.3, 0.4) is 0 Å². The molecule has 1 atom stereocenters. The van der Waals surface area contributed by atoms with Crippen molar-refractivity contribution in [1.29, 1.82) is 0 Å². The van der Waals surface area contributed by atoms with Gasteiger partial charge < -0.3 is 4.55 Å². The highest BCUT2D eigenvalue weighted by Gasteiger charge is 2.32. The van der Waals surface area contributed by atoms with E-state index in [0.717, 1.165) is 17.6 Å². The normalized spacial score (nSPS) is 14.1. The van der Waals surface area contributed by atoms with Gasteiger partial charge in [0, 0.05) is 16.2 Å². The van der Waals surface area contributed by atoms with Crippen LogP contribution in [-0.2, 0) is 51.6 Å². The second-order valence-corrected chi connectivity index (χ2v) is 22.1. The van der Waals surface area contributed by atoms with Crippen molar-refractivity contribution in [1.82, 2.24) is 28.1 Å². The molecule has 4 aromatic heterocycles. The number of rotatable bonds is 11. The number of benzene rings is 7. The van der Waals surface area contributed by atoms with Crippen LogP contribution in [-0.4, -0.2) is 88.8 Å². The Labute approximate surface area is 384 Å². The summed E-state index contributed by atoms with van der Waals surface area (Å²) in [5.74, 6) is 0. The fourth-order valence-electron chi connectivity index (χ4n) is 8.39. The molecule has 68 heavy (non-hydrogen) atoms. The van der Waals surface area contributed by atoms with E-state index in [1.807, 2.05) is 0 Å². The van der Waals surface area contributed by atoms with E-state index in [1.54, 1.807) is 68.1 Å². The Bertz CT molecular complexity index is 4550. The van der Waals surface area contributed by atoms with Crippen LogP contribution in [0, 0.1) is 6.92 Å². The number of nitrogens with zero attached hydrogens (tertiary/aromatic N) is 8. The highest BCUT2D eigenvalue weighted by atomic mass is 32.2. The van der Waals surface area contributed by atoms with Crippen LogP contribution in [0.4, 0.5) is 11.4 Å². The minimum Gasteiger partial charge on any atom is -0.302 e. The molecule has 11 rings (SSSR count). The number of azo groups is 1. The van der Waals surface area contributed by atoms with Crippen molar-refractivity contribution in [2.24, 2.45) is 10.2 Å². The van der Waals surface area contributed by atoms with Crippen molar-refractivity contribution in [2.45, 2.75) is 31.4 Å². The molecular formula is C41H28N8O14S5. The van der Waals surface area contributed by atoms with Crippen LogP contribution in [0.5, 0.6) is 0 Å². The monoisotopic (exact) mass is 1020 g/mol. The van der Waals surface area contributed by atoms with Gasteiger partial charge in [0.1, 0.15) is 42.4 Å². The van der Waals surface area contributed by atoms with Crippen LogP contribution in [0.1, 0.15) is 16.7 Å². The summed E-state index contributed by atoms with van der Waals surface area (Å²) in [7, 11) is -18.9. The molecule has 0 fully saturated rings. The van der Waals surface area contributed by atoms with Crippen molar-refractivity contribution < 1.29 is 60.6 Å². The van der Waals surface area contributed by atoms with Crippen LogP contribution >= 0.6 is 0 Å². The van der Waals surface area contributed by atoms with Gasteiger partial charge >= 0.3 is 0 Å². The summed E-state index contributed by atoms with van der Waals surface area (Å²) in [4.78, 5) is 1.24. The van der Waals surface area contributed by atoms with Crippen molar-refractivity contribution >= 4 is 119 Å². The summed E-state index contributed by atoms with van der Waals surface area (Å²) in [6.45, 7) is 1.66. The minimum absolute atomic E-state index is 0.0656. The summed E-state index contributed by atoms with van der Waals surface area (Å²) in [6.07, 6.45) is 2.39. The SMILES string of the molecule is Cc1cc(-n2n3c4ccc5cc(S(=O)(=O)O)ccc5c4n23)c(S(=O)O)cc1N=Nc1ccc(C=Cc2ccc(-n3n4c5cc(S(=O)(=O)O)c6ccccc6c5n34)cc2S(=O)(=O)O)c(S(=O)(=O)O)c1. The first-order chi connectivity index (χ1) is 32.0. The van der Waals surface area contributed by atoms with Crippen molar-refractivity contribution in [3.8, 4) is 11.4 Å². The second-order valence-electron chi connectivity index (χ2n) is 15.6.